The molecule has 0 spiro atoms. The van der Waals surface area contributed by atoms with Crippen LogP contribution in [0.2, 0.25) is 10.0 Å². The van der Waals surface area contributed by atoms with E-state index in [2.05, 4.69) is 54.6 Å². The smallest absolute Gasteiger partial charge is 0.0721 e. The Bertz CT molecular complexity index is 1190. The predicted octanol–water partition coefficient (Wildman–Crippen LogP) is 7.36. The number of halogens is 2. The van der Waals surface area contributed by atoms with Crippen molar-refractivity contribution >= 4 is 46.3 Å². The monoisotopic (exact) mass is 373 g/mol. The molecule has 0 saturated carbocycles. The zero-order valence-electron chi connectivity index (χ0n) is 13.7. The molecule has 1 aromatic heterocycles. The van der Waals surface area contributed by atoms with Gasteiger partial charge in [-0.2, -0.15) is 0 Å². The lowest BCUT2D eigenvalue weighted by Crippen LogP contribution is -1.89. The van der Waals surface area contributed by atoms with Crippen molar-refractivity contribution in [2.24, 2.45) is 0 Å². The van der Waals surface area contributed by atoms with Crippen LogP contribution in [0.5, 0.6) is 0 Å². The Labute approximate surface area is 161 Å². The van der Waals surface area contributed by atoms with Gasteiger partial charge in [-0.25, -0.2) is 4.98 Å². The summed E-state index contributed by atoms with van der Waals surface area (Å²) in [5, 5.41) is 2.49. The fourth-order valence-electron chi connectivity index (χ4n) is 3.52. The van der Waals surface area contributed by atoms with Crippen molar-refractivity contribution in [3.05, 3.63) is 87.9 Å². The Morgan fingerprint density at radius 3 is 2.19 bits per heavy atom. The molecule has 3 aromatic carbocycles. The van der Waals surface area contributed by atoms with Crippen LogP contribution in [0.25, 0.3) is 45.4 Å². The molecule has 0 radical (unpaired) electrons. The van der Waals surface area contributed by atoms with Gasteiger partial charge >= 0.3 is 0 Å². The number of pyridine rings is 1. The number of nitrogens with zero attached hydrogens (tertiary/aromatic N) is 1. The van der Waals surface area contributed by atoms with Crippen molar-refractivity contribution < 1.29 is 0 Å². The minimum Gasteiger partial charge on any atom is -0.248 e. The lowest BCUT2D eigenvalue weighted by atomic mass is 10.00. The van der Waals surface area contributed by atoms with E-state index >= 15 is 0 Å². The van der Waals surface area contributed by atoms with Crippen molar-refractivity contribution in [3.8, 4) is 22.4 Å². The summed E-state index contributed by atoms with van der Waals surface area (Å²) >= 11 is 12.3. The van der Waals surface area contributed by atoms with E-state index in [1.807, 2.05) is 18.2 Å². The van der Waals surface area contributed by atoms with E-state index in [0.29, 0.717) is 10.0 Å². The average molecular weight is 374 g/mol. The maximum Gasteiger partial charge on any atom is 0.0721 e. The summed E-state index contributed by atoms with van der Waals surface area (Å²) in [7, 11) is 0. The molecule has 0 atom stereocenters. The first kappa shape index (κ1) is 15.6. The number of benzene rings is 3. The van der Waals surface area contributed by atoms with Gasteiger partial charge in [0.1, 0.15) is 0 Å². The van der Waals surface area contributed by atoms with Gasteiger partial charge in [-0.3, -0.25) is 0 Å². The molecule has 0 unspecified atom stereocenters. The van der Waals surface area contributed by atoms with Gasteiger partial charge in [0.05, 0.1) is 11.2 Å². The van der Waals surface area contributed by atoms with Gasteiger partial charge in [-0.15, -0.1) is 0 Å². The molecule has 5 rings (SSSR count). The zero-order chi connectivity index (χ0) is 17.7. The summed E-state index contributed by atoms with van der Waals surface area (Å²) in [5.74, 6) is 0. The average Bonchev–Trinajstić information content (AvgIpc) is 3.06. The van der Waals surface area contributed by atoms with Gasteiger partial charge in [0.25, 0.3) is 0 Å². The van der Waals surface area contributed by atoms with Crippen molar-refractivity contribution in [3.63, 3.8) is 0 Å². The molecule has 0 aliphatic heterocycles. The summed E-state index contributed by atoms with van der Waals surface area (Å²) in [4.78, 5) is 4.88. The molecule has 0 amide bonds. The van der Waals surface area contributed by atoms with Crippen molar-refractivity contribution in [1.82, 2.24) is 4.98 Å². The van der Waals surface area contributed by atoms with Crippen LogP contribution in [-0.2, 0) is 0 Å². The topological polar surface area (TPSA) is 12.9 Å². The van der Waals surface area contributed by atoms with Gasteiger partial charge in [0.2, 0.25) is 0 Å². The molecule has 1 aliphatic rings. The van der Waals surface area contributed by atoms with Crippen molar-refractivity contribution in [2.75, 3.05) is 0 Å². The Kier molecular flexibility index (Phi) is 3.59. The number of hydrogen-bond donors (Lipinski definition) is 0. The second-order valence-electron chi connectivity index (χ2n) is 6.41. The molecular formula is C23H13Cl2N. The van der Waals surface area contributed by atoms with Crippen LogP contribution in [-0.4, -0.2) is 4.98 Å². The number of hydrogen-bond acceptors (Lipinski definition) is 1. The van der Waals surface area contributed by atoms with Crippen LogP contribution in [0, 0.1) is 0 Å². The molecule has 0 fully saturated rings. The lowest BCUT2D eigenvalue weighted by Gasteiger charge is -2.09. The molecule has 26 heavy (non-hydrogen) atoms. The third kappa shape index (κ3) is 2.61. The van der Waals surface area contributed by atoms with E-state index in [4.69, 9.17) is 28.2 Å². The Morgan fingerprint density at radius 2 is 1.35 bits per heavy atom. The standard InChI is InChI=1S/C23H13Cl2N/c24-19-10-18(11-20(25)13-19)15-4-1-5-16(9-15)22-12-17-8-7-14-3-2-6-21(26-22)23(14)17/h1-13H. The fraction of sp³-hybridized carbons (Fsp3) is 0. The van der Waals surface area contributed by atoms with Crippen molar-refractivity contribution in [2.45, 2.75) is 0 Å². The molecule has 124 valence electrons. The summed E-state index contributed by atoms with van der Waals surface area (Å²) in [6, 6.07) is 22.3. The molecule has 1 aliphatic carbocycles. The third-order valence-electron chi connectivity index (χ3n) is 4.69. The third-order valence-corrected chi connectivity index (χ3v) is 5.13. The highest BCUT2D eigenvalue weighted by atomic mass is 35.5. The van der Waals surface area contributed by atoms with Crippen LogP contribution in [0.15, 0.2) is 66.7 Å². The maximum atomic E-state index is 6.16. The maximum absolute atomic E-state index is 6.16. The quantitative estimate of drug-likeness (QED) is 0.315. The molecule has 1 heterocycles. The first-order chi connectivity index (χ1) is 12.7. The molecular weight excluding hydrogens is 361 g/mol. The molecule has 4 aromatic rings. The van der Waals surface area contributed by atoms with Crippen LogP contribution in [0.1, 0.15) is 11.1 Å². The summed E-state index contributed by atoms with van der Waals surface area (Å²) < 4.78 is 0. The van der Waals surface area contributed by atoms with E-state index in [0.717, 1.165) is 27.9 Å². The summed E-state index contributed by atoms with van der Waals surface area (Å²) in [5.41, 5.74) is 7.58. The minimum atomic E-state index is 0.632. The van der Waals surface area contributed by atoms with Crippen molar-refractivity contribution in [1.29, 1.82) is 0 Å². The second kappa shape index (κ2) is 5.98. The van der Waals surface area contributed by atoms with Crippen LogP contribution < -0.4 is 0 Å². The van der Waals surface area contributed by atoms with Gasteiger partial charge < -0.3 is 0 Å². The zero-order valence-corrected chi connectivity index (χ0v) is 15.2. The number of rotatable bonds is 2. The fourth-order valence-corrected chi connectivity index (χ4v) is 4.05. The Hall–Kier alpha value is -2.61. The normalized spacial score (nSPS) is 12.1. The summed E-state index contributed by atoms with van der Waals surface area (Å²) in [6.45, 7) is 0. The molecule has 1 nitrogen and oxygen atoms in total. The second-order valence-corrected chi connectivity index (χ2v) is 7.28. The van der Waals surface area contributed by atoms with Gasteiger partial charge in [0.15, 0.2) is 0 Å². The first-order valence-corrected chi connectivity index (χ1v) is 9.12. The van der Waals surface area contributed by atoms with Gasteiger partial charge in [0, 0.05) is 21.0 Å². The molecule has 0 saturated heterocycles. The van der Waals surface area contributed by atoms with Crippen LogP contribution in [0.3, 0.4) is 0 Å². The van der Waals surface area contributed by atoms with Crippen LogP contribution in [0.4, 0.5) is 0 Å². The molecule has 3 heteroatoms. The lowest BCUT2D eigenvalue weighted by molar-refractivity contribution is 1.39. The van der Waals surface area contributed by atoms with Gasteiger partial charge in [-0.1, -0.05) is 65.7 Å². The van der Waals surface area contributed by atoms with Gasteiger partial charge in [-0.05, 0) is 58.7 Å². The van der Waals surface area contributed by atoms with E-state index in [9.17, 15) is 0 Å². The minimum absolute atomic E-state index is 0.632. The molecule has 0 N–H and O–H groups in total. The van der Waals surface area contributed by atoms with E-state index in [-0.39, 0.29) is 0 Å². The Balaban J connectivity index is 1.66. The summed E-state index contributed by atoms with van der Waals surface area (Å²) in [6.07, 6.45) is 4.30. The largest absolute Gasteiger partial charge is 0.248 e. The first-order valence-electron chi connectivity index (χ1n) is 8.36. The molecule has 0 bridgehead atoms. The highest BCUT2D eigenvalue weighted by Gasteiger charge is 2.13. The van der Waals surface area contributed by atoms with E-state index < -0.39 is 0 Å². The number of aromatic nitrogens is 1. The highest BCUT2D eigenvalue weighted by Crippen LogP contribution is 2.35. The van der Waals surface area contributed by atoms with E-state index in [1.165, 1.54) is 16.5 Å². The van der Waals surface area contributed by atoms with Crippen LogP contribution >= 0.6 is 23.2 Å². The highest BCUT2D eigenvalue weighted by molar-refractivity contribution is 6.35. The predicted molar refractivity (Wildman–Crippen MR) is 112 cm³/mol. The van der Waals surface area contributed by atoms with E-state index in [1.54, 1.807) is 6.07 Å². The SMILES string of the molecule is Clc1cc(Cl)cc(-c2cccc(-c3cc4c5c(cccc5n3)C=C4)c2)c1. The Morgan fingerprint density at radius 1 is 0.615 bits per heavy atom.